The molecule has 0 aliphatic heterocycles. The van der Waals surface area contributed by atoms with E-state index in [1.165, 1.54) is 4.90 Å². The van der Waals surface area contributed by atoms with Crippen LogP contribution < -0.4 is 5.32 Å². The van der Waals surface area contributed by atoms with Crippen LogP contribution in [0.2, 0.25) is 0 Å². The highest BCUT2D eigenvalue weighted by Gasteiger charge is 2.16. The number of nitrogens with zero attached hydrogens (tertiary/aromatic N) is 1. The van der Waals surface area contributed by atoms with E-state index in [1.54, 1.807) is 20.0 Å². The van der Waals surface area contributed by atoms with Crippen LogP contribution >= 0.6 is 0 Å². The molecule has 0 fully saturated rings. The van der Waals surface area contributed by atoms with Crippen LogP contribution in [0.5, 0.6) is 0 Å². The lowest BCUT2D eigenvalue weighted by atomic mass is 10.2. The van der Waals surface area contributed by atoms with Gasteiger partial charge in [-0.15, -0.1) is 0 Å². The van der Waals surface area contributed by atoms with Crippen molar-refractivity contribution in [2.24, 2.45) is 0 Å². The maximum Gasteiger partial charge on any atom is 0.317 e. The molecule has 1 heterocycles. The van der Waals surface area contributed by atoms with Gasteiger partial charge in [0, 0.05) is 13.6 Å². The molecule has 18 heavy (non-hydrogen) atoms. The number of hydrogen-bond acceptors (Lipinski definition) is 3. The van der Waals surface area contributed by atoms with Crippen LogP contribution in [0.3, 0.4) is 0 Å². The zero-order valence-corrected chi connectivity index (χ0v) is 10.8. The molecule has 1 rings (SSSR count). The Bertz CT molecular complexity index is 427. The van der Waals surface area contributed by atoms with Crippen molar-refractivity contribution in [1.29, 1.82) is 0 Å². The van der Waals surface area contributed by atoms with Crippen LogP contribution in [0.15, 0.2) is 16.5 Å². The number of rotatable bonds is 5. The highest BCUT2D eigenvalue weighted by atomic mass is 16.4. The molecule has 1 aromatic rings. The van der Waals surface area contributed by atoms with Crippen LogP contribution in [-0.2, 0) is 4.79 Å². The summed E-state index contributed by atoms with van der Waals surface area (Å²) in [7, 11) is 1.55. The van der Waals surface area contributed by atoms with Gasteiger partial charge < -0.3 is 19.7 Å². The summed E-state index contributed by atoms with van der Waals surface area (Å²) >= 11 is 0. The van der Waals surface area contributed by atoms with Crippen molar-refractivity contribution in [1.82, 2.24) is 10.2 Å². The topological polar surface area (TPSA) is 82.8 Å². The molecule has 0 aliphatic rings. The molecule has 1 aromatic heterocycles. The lowest BCUT2D eigenvalue weighted by molar-refractivity contribution is -0.137. The summed E-state index contributed by atoms with van der Waals surface area (Å²) in [6, 6.07) is 3.06. The van der Waals surface area contributed by atoms with Gasteiger partial charge in [-0.2, -0.15) is 0 Å². The molecule has 0 radical (unpaired) electrons. The first-order valence-electron chi connectivity index (χ1n) is 5.70. The minimum Gasteiger partial charge on any atom is -0.481 e. The van der Waals surface area contributed by atoms with Crippen LogP contribution in [0.1, 0.15) is 30.9 Å². The van der Waals surface area contributed by atoms with E-state index in [-0.39, 0.29) is 25.0 Å². The van der Waals surface area contributed by atoms with Crippen LogP contribution in [-0.4, -0.2) is 35.6 Å². The molecule has 1 atom stereocenters. The van der Waals surface area contributed by atoms with E-state index >= 15 is 0 Å². The Morgan fingerprint density at radius 3 is 2.67 bits per heavy atom. The third-order valence-corrected chi connectivity index (χ3v) is 2.54. The third-order valence-electron chi connectivity index (χ3n) is 2.54. The molecule has 2 N–H and O–H groups in total. The average molecular weight is 254 g/mol. The normalized spacial score (nSPS) is 11.9. The van der Waals surface area contributed by atoms with Crippen molar-refractivity contribution in [2.75, 3.05) is 13.6 Å². The number of aliphatic carboxylic acids is 1. The number of urea groups is 1. The highest BCUT2D eigenvalue weighted by Crippen LogP contribution is 2.15. The average Bonchev–Trinajstić information content (AvgIpc) is 2.72. The molecular weight excluding hydrogens is 236 g/mol. The molecule has 6 heteroatoms. The van der Waals surface area contributed by atoms with E-state index in [0.717, 1.165) is 5.76 Å². The van der Waals surface area contributed by atoms with Crippen LogP contribution in [0.4, 0.5) is 4.79 Å². The number of hydrogen-bond donors (Lipinski definition) is 2. The molecular formula is C12H18N2O4. The van der Waals surface area contributed by atoms with Crippen molar-refractivity contribution in [3.8, 4) is 0 Å². The van der Waals surface area contributed by atoms with Gasteiger partial charge in [0.1, 0.15) is 11.5 Å². The fraction of sp³-hybridized carbons (Fsp3) is 0.500. The molecule has 0 saturated heterocycles. The molecule has 2 amide bonds. The Labute approximate surface area is 106 Å². The molecule has 0 saturated carbocycles. The number of carbonyl (C=O) groups excluding carboxylic acids is 1. The van der Waals surface area contributed by atoms with Crippen LogP contribution in [0, 0.1) is 6.92 Å². The minimum atomic E-state index is -0.927. The second kappa shape index (κ2) is 6.09. The van der Waals surface area contributed by atoms with Crippen molar-refractivity contribution in [3.05, 3.63) is 23.7 Å². The summed E-state index contributed by atoms with van der Waals surface area (Å²) < 4.78 is 5.40. The summed E-state index contributed by atoms with van der Waals surface area (Å²) in [5, 5.41) is 11.3. The zero-order chi connectivity index (χ0) is 13.7. The lowest BCUT2D eigenvalue weighted by Crippen LogP contribution is -2.39. The number of amides is 2. The smallest absolute Gasteiger partial charge is 0.317 e. The largest absolute Gasteiger partial charge is 0.481 e. The molecule has 6 nitrogen and oxygen atoms in total. The Hall–Kier alpha value is -1.98. The maximum absolute atomic E-state index is 11.7. The van der Waals surface area contributed by atoms with Gasteiger partial charge in [-0.25, -0.2) is 4.79 Å². The predicted octanol–water partition coefficient (Wildman–Crippen LogP) is 1.77. The Kier molecular flexibility index (Phi) is 4.76. The second-order valence-corrected chi connectivity index (χ2v) is 4.18. The lowest BCUT2D eigenvalue weighted by Gasteiger charge is -2.19. The van der Waals surface area contributed by atoms with E-state index in [9.17, 15) is 9.59 Å². The first-order valence-corrected chi connectivity index (χ1v) is 5.70. The van der Waals surface area contributed by atoms with Gasteiger partial charge in [-0.1, -0.05) is 0 Å². The first-order chi connectivity index (χ1) is 8.40. The van der Waals surface area contributed by atoms with Gasteiger partial charge >= 0.3 is 12.0 Å². The quantitative estimate of drug-likeness (QED) is 0.838. The summed E-state index contributed by atoms with van der Waals surface area (Å²) in [4.78, 5) is 23.5. The third kappa shape index (κ3) is 4.12. The highest BCUT2D eigenvalue weighted by molar-refractivity contribution is 5.75. The number of furan rings is 1. The van der Waals surface area contributed by atoms with E-state index < -0.39 is 5.97 Å². The fourth-order valence-corrected chi connectivity index (χ4v) is 1.42. The van der Waals surface area contributed by atoms with Gasteiger partial charge in [0.2, 0.25) is 0 Å². The minimum absolute atomic E-state index is 0.0713. The van der Waals surface area contributed by atoms with Gasteiger partial charge in [0.25, 0.3) is 0 Å². The van der Waals surface area contributed by atoms with Gasteiger partial charge in [-0.3, -0.25) is 4.79 Å². The summed E-state index contributed by atoms with van der Waals surface area (Å²) in [5.41, 5.74) is 0. The SMILES string of the molecule is Cc1ccc(C(C)NC(=O)N(C)CCC(=O)O)o1. The monoisotopic (exact) mass is 254 g/mol. The van der Waals surface area contributed by atoms with E-state index in [4.69, 9.17) is 9.52 Å². The zero-order valence-electron chi connectivity index (χ0n) is 10.8. The van der Waals surface area contributed by atoms with E-state index in [1.807, 2.05) is 13.0 Å². The van der Waals surface area contributed by atoms with Crippen molar-refractivity contribution >= 4 is 12.0 Å². The summed E-state index contributed by atoms with van der Waals surface area (Å²) in [6.45, 7) is 3.81. The number of nitrogens with one attached hydrogen (secondary N) is 1. The van der Waals surface area contributed by atoms with Gasteiger partial charge in [-0.05, 0) is 26.0 Å². The Balaban J connectivity index is 2.46. The summed E-state index contributed by atoms with van der Waals surface area (Å²) in [6.07, 6.45) is -0.0713. The second-order valence-electron chi connectivity index (χ2n) is 4.18. The molecule has 0 bridgehead atoms. The number of carboxylic acids is 1. The Morgan fingerprint density at radius 1 is 1.50 bits per heavy atom. The predicted molar refractivity (Wildman–Crippen MR) is 65.3 cm³/mol. The van der Waals surface area contributed by atoms with E-state index in [2.05, 4.69) is 5.32 Å². The molecule has 0 aliphatic carbocycles. The van der Waals surface area contributed by atoms with E-state index in [0.29, 0.717) is 5.76 Å². The van der Waals surface area contributed by atoms with Gasteiger partial charge in [0.15, 0.2) is 0 Å². The molecule has 100 valence electrons. The molecule has 0 spiro atoms. The Morgan fingerprint density at radius 2 is 2.17 bits per heavy atom. The number of carboxylic acid groups (broad SMARTS) is 1. The molecule has 1 unspecified atom stereocenters. The maximum atomic E-state index is 11.7. The fourth-order valence-electron chi connectivity index (χ4n) is 1.42. The molecule has 0 aromatic carbocycles. The number of aryl methyl sites for hydroxylation is 1. The van der Waals surface area contributed by atoms with Crippen LogP contribution in [0.25, 0.3) is 0 Å². The van der Waals surface area contributed by atoms with Crippen molar-refractivity contribution in [2.45, 2.75) is 26.3 Å². The summed E-state index contributed by atoms with van der Waals surface area (Å²) in [5.74, 6) is 0.530. The van der Waals surface area contributed by atoms with Crippen molar-refractivity contribution in [3.63, 3.8) is 0 Å². The standard InChI is InChI=1S/C12H18N2O4/c1-8-4-5-10(18-8)9(2)13-12(17)14(3)7-6-11(15)16/h4-5,9H,6-7H2,1-3H3,(H,13,17)(H,15,16). The first kappa shape index (κ1) is 14.1. The number of carbonyl (C=O) groups is 2. The van der Waals surface area contributed by atoms with Crippen molar-refractivity contribution < 1.29 is 19.1 Å². The van der Waals surface area contributed by atoms with Gasteiger partial charge in [0.05, 0.1) is 12.5 Å².